The van der Waals surface area contributed by atoms with Crippen LogP contribution in [0, 0.1) is 0 Å². The van der Waals surface area contributed by atoms with Crippen LogP contribution in [-0.2, 0) is 0 Å². The molecule has 0 heterocycles. The summed E-state index contributed by atoms with van der Waals surface area (Å²) in [5.74, 6) is 0.755. The monoisotopic (exact) mass is 340 g/mol. The number of nitrogens with one attached hydrogen (secondary N) is 1. The summed E-state index contributed by atoms with van der Waals surface area (Å²) < 4.78 is 10.9. The number of carbonyl (C=O) groups excluding carboxylic acids is 1. The minimum absolute atomic E-state index is 0.181. The molecular weight excluding hydrogens is 316 g/mol. The third-order valence-corrected chi connectivity index (χ3v) is 4.55. The minimum atomic E-state index is -0.297. The highest BCUT2D eigenvalue weighted by atomic mass is 35.5. The standard InChI is InChI=1S/C17H25ClN2O3/c1-3-8-23-15-13(18)9-12(10-14(15)22-2)16(21)20-17(11-19)6-4-5-7-17/h9-10H,3-8,11,19H2,1-2H3,(H,20,21). The van der Waals surface area contributed by atoms with Crippen molar-refractivity contribution in [1.82, 2.24) is 5.32 Å². The van der Waals surface area contributed by atoms with Gasteiger partial charge in [-0.3, -0.25) is 4.79 Å². The predicted octanol–water partition coefficient (Wildman–Crippen LogP) is 3.14. The van der Waals surface area contributed by atoms with Crippen LogP contribution in [0.15, 0.2) is 12.1 Å². The third kappa shape index (κ3) is 4.09. The van der Waals surface area contributed by atoms with Crippen molar-refractivity contribution in [2.24, 2.45) is 5.73 Å². The highest BCUT2D eigenvalue weighted by Crippen LogP contribution is 2.37. The lowest BCUT2D eigenvalue weighted by Crippen LogP contribution is -2.51. The molecular formula is C17H25ClN2O3. The van der Waals surface area contributed by atoms with E-state index >= 15 is 0 Å². The van der Waals surface area contributed by atoms with E-state index in [9.17, 15) is 4.79 Å². The molecule has 1 fully saturated rings. The van der Waals surface area contributed by atoms with E-state index in [2.05, 4.69) is 5.32 Å². The van der Waals surface area contributed by atoms with Gasteiger partial charge in [0.2, 0.25) is 0 Å². The van der Waals surface area contributed by atoms with Gasteiger partial charge in [-0.25, -0.2) is 0 Å². The van der Waals surface area contributed by atoms with Crippen molar-refractivity contribution in [2.45, 2.75) is 44.6 Å². The molecule has 0 saturated heterocycles. The van der Waals surface area contributed by atoms with Crippen LogP contribution >= 0.6 is 11.6 Å². The predicted molar refractivity (Wildman–Crippen MR) is 91.5 cm³/mol. The molecule has 1 aliphatic rings. The molecule has 1 aromatic rings. The van der Waals surface area contributed by atoms with E-state index in [1.807, 2.05) is 6.92 Å². The largest absolute Gasteiger partial charge is 0.493 e. The molecule has 2 rings (SSSR count). The molecule has 0 aliphatic heterocycles. The number of rotatable bonds is 7. The highest BCUT2D eigenvalue weighted by molar-refractivity contribution is 6.32. The fraction of sp³-hybridized carbons (Fsp3) is 0.588. The van der Waals surface area contributed by atoms with Crippen LogP contribution in [0.25, 0.3) is 0 Å². The number of hydrogen-bond donors (Lipinski definition) is 2. The van der Waals surface area contributed by atoms with Crippen LogP contribution in [0.2, 0.25) is 5.02 Å². The Hall–Kier alpha value is -1.46. The Bertz CT molecular complexity index is 557. The Morgan fingerprint density at radius 3 is 2.65 bits per heavy atom. The van der Waals surface area contributed by atoms with E-state index in [0.29, 0.717) is 35.2 Å². The summed E-state index contributed by atoms with van der Waals surface area (Å²) in [6.07, 6.45) is 4.87. The average molecular weight is 341 g/mol. The molecule has 128 valence electrons. The summed E-state index contributed by atoms with van der Waals surface area (Å²) in [6.45, 7) is 3.00. The molecule has 0 aromatic heterocycles. The minimum Gasteiger partial charge on any atom is -0.493 e. The first kappa shape index (κ1) is 17.9. The van der Waals surface area contributed by atoms with Gasteiger partial charge in [-0.05, 0) is 31.4 Å². The lowest BCUT2D eigenvalue weighted by molar-refractivity contribution is 0.0902. The maximum atomic E-state index is 12.6. The molecule has 1 saturated carbocycles. The number of hydrogen-bond acceptors (Lipinski definition) is 4. The molecule has 1 aromatic carbocycles. The fourth-order valence-electron chi connectivity index (χ4n) is 2.94. The van der Waals surface area contributed by atoms with Crippen molar-refractivity contribution < 1.29 is 14.3 Å². The van der Waals surface area contributed by atoms with Gasteiger partial charge in [-0.15, -0.1) is 0 Å². The van der Waals surface area contributed by atoms with E-state index in [1.54, 1.807) is 12.1 Å². The number of halogens is 1. The Morgan fingerprint density at radius 2 is 2.09 bits per heavy atom. The van der Waals surface area contributed by atoms with Gasteiger partial charge in [0.15, 0.2) is 11.5 Å². The Kier molecular flexibility index (Phi) is 6.13. The lowest BCUT2D eigenvalue weighted by Gasteiger charge is -2.28. The van der Waals surface area contributed by atoms with Crippen LogP contribution in [-0.4, -0.2) is 31.7 Å². The van der Waals surface area contributed by atoms with Gasteiger partial charge in [0.1, 0.15) is 0 Å². The number of benzene rings is 1. The Labute approximate surface area is 142 Å². The first-order valence-corrected chi connectivity index (χ1v) is 8.46. The van der Waals surface area contributed by atoms with E-state index in [0.717, 1.165) is 32.1 Å². The molecule has 1 aliphatic carbocycles. The molecule has 0 spiro atoms. The van der Waals surface area contributed by atoms with E-state index < -0.39 is 0 Å². The maximum Gasteiger partial charge on any atom is 0.251 e. The van der Waals surface area contributed by atoms with Crippen molar-refractivity contribution in [2.75, 3.05) is 20.3 Å². The van der Waals surface area contributed by atoms with Gasteiger partial charge in [0.05, 0.1) is 24.3 Å². The number of methoxy groups -OCH3 is 1. The van der Waals surface area contributed by atoms with Crippen molar-refractivity contribution in [3.05, 3.63) is 22.7 Å². The molecule has 0 bridgehead atoms. The molecule has 0 atom stereocenters. The van der Waals surface area contributed by atoms with Crippen LogP contribution < -0.4 is 20.5 Å². The van der Waals surface area contributed by atoms with Gasteiger partial charge in [0, 0.05) is 12.1 Å². The second-order valence-electron chi connectivity index (χ2n) is 5.98. The Balaban J connectivity index is 2.22. The van der Waals surface area contributed by atoms with Crippen molar-refractivity contribution >= 4 is 17.5 Å². The zero-order valence-electron chi connectivity index (χ0n) is 13.8. The summed E-state index contributed by atoms with van der Waals surface area (Å²) in [5, 5.41) is 3.45. The smallest absolute Gasteiger partial charge is 0.251 e. The van der Waals surface area contributed by atoms with Gasteiger partial charge in [-0.2, -0.15) is 0 Å². The molecule has 0 unspecified atom stereocenters. The number of nitrogens with two attached hydrogens (primary N) is 1. The van der Waals surface area contributed by atoms with Crippen LogP contribution in [0.4, 0.5) is 0 Å². The zero-order valence-corrected chi connectivity index (χ0v) is 14.5. The number of carbonyl (C=O) groups is 1. The first-order valence-electron chi connectivity index (χ1n) is 8.08. The van der Waals surface area contributed by atoms with Crippen molar-refractivity contribution in [3.8, 4) is 11.5 Å². The van der Waals surface area contributed by atoms with E-state index in [1.165, 1.54) is 7.11 Å². The van der Waals surface area contributed by atoms with Crippen molar-refractivity contribution in [1.29, 1.82) is 0 Å². The second-order valence-corrected chi connectivity index (χ2v) is 6.39. The fourth-order valence-corrected chi connectivity index (χ4v) is 3.21. The van der Waals surface area contributed by atoms with Crippen molar-refractivity contribution in [3.63, 3.8) is 0 Å². The molecule has 23 heavy (non-hydrogen) atoms. The second kappa shape index (κ2) is 7.88. The van der Waals surface area contributed by atoms with Crippen LogP contribution in [0.1, 0.15) is 49.4 Å². The average Bonchev–Trinajstić information content (AvgIpc) is 3.02. The Morgan fingerprint density at radius 1 is 1.39 bits per heavy atom. The number of ether oxygens (including phenoxy) is 2. The molecule has 6 heteroatoms. The van der Waals surface area contributed by atoms with Gasteiger partial charge >= 0.3 is 0 Å². The summed E-state index contributed by atoms with van der Waals surface area (Å²) in [7, 11) is 1.53. The molecule has 1 amide bonds. The third-order valence-electron chi connectivity index (χ3n) is 4.27. The van der Waals surface area contributed by atoms with E-state index in [-0.39, 0.29) is 11.4 Å². The summed E-state index contributed by atoms with van der Waals surface area (Å²) in [6, 6.07) is 3.27. The SMILES string of the molecule is CCCOc1c(Cl)cc(C(=O)NC2(CN)CCCC2)cc1OC. The van der Waals surface area contributed by atoms with Gasteiger partial charge in [-0.1, -0.05) is 31.4 Å². The van der Waals surface area contributed by atoms with Crippen LogP contribution in [0.3, 0.4) is 0 Å². The number of amides is 1. The maximum absolute atomic E-state index is 12.6. The zero-order chi connectivity index (χ0) is 16.9. The van der Waals surface area contributed by atoms with Gasteiger partial charge < -0.3 is 20.5 Å². The quantitative estimate of drug-likeness (QED) is 0.799. The summed E-state index contributed by atoms with van der Waals surface area (Å²) in [4.78, 5) is 12.6. The first-order chi connectivity index (χ1) is 11.0. The van der Waals surface area contributed by atoms with Crippen LogP contribution in [0.5, 0.6) is 11.5 Å². The lowest BCUT2D eigenvalue weighted by atomic mass is 9.97. The molecule has 5 nitrogen and oxygen atoms in total. The normalized spacial score (nSPS) is 16.2. The topological polar surface area (TPSA) is 73.6 Å². The summed E-state index contributed by atoms with van der Waals surface area (Å²) >= 11 is 6.27. The molecule has 0 radical (unpaired) electrons. The molecule has 3 N–H and O–H groups in total. The highest BCUT2D eigenvalue weighted by Gasteiger charge is 2.34. The van der Waals surface area contributed by atoms with Gasteiger partial charge in [0.25, 0.3) is 5.91 Å². The summed E-state index contributed by atoms with van der Waals surface area (Å²) in [5.41, 5.74) is 6.03. The van der Waals surface area contributed by atoms with E-state index in [4.69, 9.17) is 26.8 Å².